The van der Waals surface area contributed by atoms with Crippen LogP contribution in [0.25, 0.3) is 0 Å². The van der Waals surface area contributed by atoms with E-state index in [2.05, 4.69) is 15.9 Å². The van der Waals surface area contributed by atoms with E-state index in [1.165, 1.54) is 0 Å². The number of hydrogen-bond donors (Lipinski definition) is 0. The van der Waals surface area contributed by atoms with Gasteiger partial charge in [-0.1, -0.05) is 35.0 Å². The fourth-order valence-electron chi connectivity index (χ4n) is 0.323. The Morgan fingerprint density at radius 1 is 1.56 bits per heavy atom. The van der Waals surface area contributed by atoms with Crippen LogP contribution in [0, 0.1) is 0 Å². The van der Waals surface area contributed by atoms with Gasteiger partial charge < -0.3 is 0 Å². The molecule has 0 saturated carbocycles. The molecule has 0 aromatic carbocycles. The average Bonchev–Trinajstić information content (AvgIpc) is 1.89. The van der Waals surface area contributed by atoms with Gasteiger partial charge in [0.25, 0.3) is 0 Å². The highest BCUT2D eigenvalue weighted by Crippen LogP contribution is 1.86. The third-order valence-corrected chi connectivity index (χ3v) is 1.12. The van der Waals surface area contributed by atoms with Crippen molar-refractivity contribution in [3.8, 4) is 0 Å². The molecule has 0 rings (SSSR count). The Labute approximate surface area is 63.6 Å². The minimum atomic E-state index is 0.153. The lowest BCUT2D eigenvalue weighted by Crippen LogP contribution is -1.85. The van der Waals surface area contributed by atoms with Crippen molar-refractivity contribution in [2.75, 3.05) is 0 Å². The van der Waals surface area contributed by atoms with Crippen molar-refractivity contribution < 1.29 is 4.79 Å². The zero-order valence-corrected chi connectivity index (χ0v) is 6.89. The standard InChI is InChI=1S/C7H9BrO/c1-2-7(9)5-3-4-6-8/h3-6H,2H2,1H3/b5-3+,6-4-. The Kier molecular flexibility index (Phi) is 5.52. The molecule has 9 heavy (non-hydrogen) atoms. The van der Waals surface area contributed by atoms with Gasteiger partial charge in [0.15, 0.2) is 5.78 Å². The molecule has 0 bridgehead atoms. The van der Waals surface area contributed by atoms with Gasteiger partial charge in [0.05, 0.1) is 0 Å². The Hall–Kier alpha value is -0.370. The lowest BCUT2D eigenvalue weighted by Gasteiger charge is -1.79. The van der Waals surface area contributed by atoms with Gasteiger partial charge in [-0.2, -0.15) is 0 Å². The third kappa shape index (κ3) is 5.50. The fraction of sp³-hybridized carbons (Fsp3) is 0.286. The summed E-state index contributed by atoms with van der Waals surface area (Å²) >= 11 is 3.08. The predicted molar refractivity (Wildman–Crippen MR) is 42.5 cm³/mol. The normalized spacial score (nSPS) is 11.3. The van der Waals surface area contributed by atoms with Crippen molar-refractivity contribution in [1.29, 1.82) is 0 Å². The summed E-state index contributed by atoms with van der Waals surface area (Å²) in [5.74, 6) is 0.153. The van der Waals surface area contributed by atoms with Crippen LogP contribution in [-0.4, -0.2) is 5.78 Å². The summed E-state index contributed by atoms with van der Waals surface area (Å²) < 4.78 is 0. The summed E-state index contributed by atoms with van der Waals surface area (Å²) in [6.07, 6.45) is 5.60. The third-order valence-electron chi connectivity index (χ3n) is 0.814. The lowest BCUT2D eigenvalue weighted by molar-refractivity contribution is -0.114. The Balaban J connectivity index is 3.57. The van der Waals surface area contributed by atoms with Gasteiger partial charge >= 0.3 is 0 Å². The quantitative estimate of drug-likeness (QED) is 0.492. The molecule has 0 aliphatic carbocycles. The molecule has 0 saturated heterocycles. The monoisotopic (exact) mass is 188 g/mol. The maximum atomic E-state index is 10.6. The van der Waals surface area contributed by atoms with Gasteiger partial charge in [-0.05, 0) is 11.1 Å². The Morgan fingerprint density at radius 3 is 2.67 bits per heavy atom. The average molecular weight is 189 g/mol. The molecule has 0 atom stereocenters. The maximum absolute atomic E-state index is 10.6. The number of rotatable bonds is 3. The molecule has 1 nitrogen and oxygen atoms in total. The number of carbonyl (C=O) groups is 1. The zero-order valence-electron chi connectivity index (χ0n) is 5.30. The van der Waals surface area contributed by atoms with E-state index in [0.717, 1.165) is 0 Å². The molecule has 0 aliphatic rings. The largest absolute Gasteiger partial charge is 0.295 e. The molecule has 0 fully saturated rings. The van der Waals surface area contributed by atoms with E-state index in [1.807, 2.05) is 6.92 Å². The van der Waals surface area contributed by atoms with Crippen molar-refractivity contribution >= 4 is 21.7 Å². The number of halogens is 1. The molecule has 0 heterocycles. The van der Waals surface area contributed by atoms with Crippen molar-refractivity contribution in [1.82, 2.24) is 0 Å². The summed E-state index contributed by atoms with van der Waals surface area (Å²) in [5, 5.41) is 0. The molecule has 0 N–H and O–H groups in total. The van der Waals surface area contributed by atoms with Crippen molar-refractivity contribution in [2.24, 2.45) is 0 Å². The highest BCUT2D eigenvalue weighted by molar-refractivity contribution is 9.11. The van der Waals surface area contributed by atoms with E-state index in [-0.39, 0.29) is 5.78 Å². The van der Waals surface area contributed by atoms with Gasteiger partial charge in [-0.25, -0.2) is 0 Å². The first-order chi connectivity index (χ1) is 4.31. The van der Waals surface area contributed by atoms with E-state index < -0.39 is 0 Å². The van der Waals surface area contributed by atoms with E-state index in [9.17, 15) is 4.79 Å². The first kappa shape index (κ1) is 8.63. The summed E-state index contributed by atoms with van der Waals surface area (Å²) in [7, 11) is 0. The van der Waals surface area contributed by atoms with Crippen molar-refractivity contribution in [2.45, 2.75) is 13.3 Å². The minimum absolute atomic E-state index is 0.153. The maximum Gasteiger partial charge on any atom is 0.155 e. The SMILES string of the molecule is CCC(=O)/C=C/C=C\Br. The van der Waals surface area contributed by atoms with Crippen LogP contribution in [-0.2, 0) is 4.79 Å². The summed E-state index contributed by atoms with van der Waals surface area (Å²) in [6, 6.07) is 0. The lowest BCUT2D eigenvalue weighted by atomic mass is 10.3. The first-order valence-electron chi connectivity index (χ1n) is 2.77. The van der Waals surface area contributed by atoms with Gasteiger partial charge in [-0.3, -0.25) is 4.79 Å². The Bertz CT molecular complexity index is 136. The topological polar surface area (TPSA) is 17.1 Å². The molecule has 0 amide bonds. The summed E-state index contributed by atoms with van der Waals surface area (Å²) in [4.78, 5) is 12.3. The molecule has 0 aliphatic heterocycles. The van der Waals surface area contributed by atoms with Gasteiger partial charge in [0, 0.05) is 6.42 Å². The van der Waals surface area contributed by atoms with Crippen LogP contribution >= 0.6 is 15.9 Å². The molecule has 2 heteroatoms. The second-order valence-corrected chi connectivity index (χ2v) is 2.03. The fourth-order valence-corrected chi connectivity index (χ4v) is 0.499. The molecular formula is C7H9BrO. The number of carbonyl (C=O) groups excluding carboxylic acids is 1. The molecule has 0 spiro atoms. The summed E-state index contributed by atoms with van der Waals surface area (Å²) in [6.45, 7) is 1.84. The van der Waals surface area contributed by atoms with Crippen molar-refractivity contribution in [3.05, 3.63) is 23.2 Å². The molecule has 0 aromatic rings. The zero-order chi connectivity index (χ0) is 7.11. The second-order valence-electron chi connectivity index (χ2n) is 1.50. The first-order valence-corrected chi connectivity index (χ1v) is 3.69. The van der Waals surface area contributed by atoms with E-state index in [1.54, 1.807) is 23.2 Å². The Morgan fingerprint density at radius 2 is 2.22 bits per heavy atom. The smallest absolute Gasteiger partial charge is 0.155 e. The van der Waals surface area contributed by atoms with Crippen LogP contribution in [0.1, 0.15) is 13.3 Å². The molecular weight excluding hydrogens is 180 g/mol. The number of allylic oxidation sites excluding steroid dienone is 3. The highest BCUT2D eigenvalue weighted by Gasteiger charge is 1.84. The molecule has 0 unspecified atom stereocenters. The van der Waals surface area contributed by atoms with E-state index >= 15 is 0 Å². The highest BCUT2D eigenvalue weighted by atomic mass is 79.9. The van der Waals surface area contributed by atoms with Gasteiger partial charge in [0.2, 0.25) is 0 Å². The van der Waals surface area contributed by atoms with Crippen LogP contribution in [0.15, 0.2) is 23.2 Å². The second kappa shape index (κ2) is 5.76. The number of ketones is 1. The van der Waals surface area contributed by atoms with Gasteiger partial charge in [0.1, 0.15) is 0 Å². The molecule has 0 aromatic heterocycles. The molecule has 0 radical (unpaired) electrons. The molecule has 50 valence electrons. The minimum Gasteiger partial charge on any atom is -0.295 e. The van der Waals surface area contributed by atoms with Crippen LogP contribution in [0.4, 0.5) is 0 Å². The van der Waals surface area contributed by atoms with E-state index in [4.69, 9.17) is 0 Å². The predicted octanol–water partition coefficient (Wildman–Crippen LogP) is 2.43. The van der Waals surface area contributed by atoms with Crippen LogP contribution in [0.2, 0.25) is 0 Å². The van der Waals surface area contributed by atoms with Crippen LogP contribution in [0.5, 0.6) is 0 Å². The number of hydrogen-bond acceptors (Lipinski definition) is 1. The van der Waals surface area contributed by atoms with Gasteiger partial charge in [-0.15, -0.1) is 0 Å². The summed E-state index contributed by atoms with van der Waals surface area (Å²) in [5.41, 5.74) is 0. The van der Waals surface area contributed by atoms with E-state index in [0.29, 0.717) is 6.42 Å². The van der Waals surface area contributed by atoms with Crippen molar-refractivity contribution in [3.63, 3.8) is 0 Å². The van der Waals surface area contributed by atoms with Crippen LogP contribution < -0.4 is 0 Å². The van der Waals surface area contributed by atoms with Crippen LogP contribution in [0.3, 0.4) is 0 Å².